The number of aryl methyl sites for hydroxylation is 1. The highest BCUT2D eigenvalue weighted by Gasteiger charge is 2.08. The van der Waals surface area contributed by atoms with Gasteiger partial charge in [0.2, 0.25) is 0 Å². The fourth-order valence-corrected chi connectivity index (χ4v) is 3.29. The van der Waals surface area contributed by atoms with Gasteiger partial charge in [-0.15, -0.1) is 11.3 Å². The van der Waals surface area contributed by atoms with Gasteiger partial charge < -0.3 is 14.6 Å². The third-order valence-electron chi connectivity index (χ3n) is 2.86. The fraction of sp³-hybridized carbons (Fsp3) is 0.462. The molecule has 104 valence electrons. The molecule has 0 saturated carbocycles. The first-order valence-electron chi connectivity index (χ1n) is 6.14. The van der Waals surface area contributed by atoms with Gasteiger partial charge in [-0.05, 0) is 28.9 Å². The van der Waals surface area contributed by atoms with Gasteiger partial charge in [0.1, 0.15) is 5.82 Å². The van der Waals surface area contributed by atoms with Crippen molar-refractivity contribution in [3.05, 3.63) is 38.5 Å². The zero-order valence-corrected chi connectivity index (χ0v) is 13.6. The monoisotopic (exact) mass is 343 g/mol. The summed E-state index contributed by atoms with van der Waals surface area (Å²) in [7, 11) is 1.71. The second kappa shape index (κ2) is 7.19. The van der Waals surface area contributed by atoms with Gasteiger partial charge in [-0.25, -0.2) is 4.98 Å². The summed E-state index contributed by atoms with van der Waals surface area (Å²) in [5.41, 5.74) is 1.21. The van der Waals surface area contributed by atoms with E-state index in [-0.39, 0.29) is 0 Å². The normalized spacial score (nSPS) is 11.1. The molecule has 0 saturated heterocycles. The molecule has 0 spiro atoms. The van der Waals surface area contributed by atoms with Crippen molar-refractivity contribution in [3.63, 3.8) is 0 Å². The van der Waals surface area contributed by atoms with Crippen molar-refractivity contribution in [3.8, 4) is 0 Å². The summed E-state index contributed by atoms with van der Waals surface area (Å²) in [5, 5.41) is 5.46. The third-order valence-corrected chi connectivity index (χ3v) is 4.54. The fourth-order valence-electron chi connectivity index (χ4n) is 1.86. The van der Waals surface area contributed by atoms with E-state index in [2.05, 4.69) is 42.2 Å². The minimum Gasteiger partial charge on any atom is -0.383 e. The van der Waals surface area contributed by atoms with Gasteiger partial charge in [0.05, 0.1) is 18.8 Å². The molecule has 6 heteroatoms. The molecule has 0 amide bonds. The molecule has 0 fully saturated rings. The molecule has 1 N–H and O–H groups in total. The molecule has 0 aliphatic heterocycles. The Balaban J connectivity index is 2.00. The van der Waals surface area contributed by atoms with Crippen LogP contribution in [0.5, 0.6) is 0 Å². The van der Waals surface area contributed by atoms with Crippen LogP contribution in [0, 0.1) is 6.92 Å². The molecule has 2 aromatic rings. The average molecular weight is 344 g/mol. The number of halogens is 1. The maximum atomic E-state index is 5.03. The Labute approximate surface area is 125 Å². The van der Waals surface area contributed by atoms with Crippen LogP contribution in [0.25, 0.3) is 0 Å². The van der Waals surface area contributed by atoms with Gasteiger partial charge in [-0.1, -0.05) is 0 Å². The summed E-state index contributed by atoms with van der Waals surface area (Å²) in [6, 6.07) is 2.16. The Morgan fingerprint density at radius 1 is 1.53 bits per heavy atom. The summed E-state index contributed by atoms with van der Waals surface area (Å²) in [5.74, 6) is 1.05. The summed E-state index contributed by atoms with van der Waals surface area (Å²) < 4.78 is 8.42. The van der Waals surface area contributed by atoms with Gasteiger partial charge in [0.15, 0.2) is 0 Å². The molecule has 2 aromatic heterocycles. The Morgan fingerprint density at radius 2 is 2.37 bits per heavy atom. The van der Waals surface area contributed by atoms with E-state index in [0.29, 0.717) is 0 Å². The predicted octanol–water partition coefficient (Wildman–Crippen LogP) is 2.80. The molecular weight excluding hydrogens is 326 g/mol. The van der Waals surface area contributed by atoms with E-state index < -0.39 is 0 Å². The van der Waals surface area contributed by atoms with Crippen LogP contribution in [0.3, 0.4) is 0 Å². The second-order valence-electron chi connectivity index (χ2n) is 4.28. The molecule has 0 aliphatic rings. The second-order valence-corrected chi connectivity index (χ2v) is 6.20. The first-order chi connectivity index (χ1) is 9.20. The molecule has 0 atom stereocenters. The van der Waals surface area contributed by atoms with Gasteiger partial charge in [0.25, 0.3) is 0 Å². The number of ether oxygens (including phenoxy) is 1. The largest absolute Gasteiger partial charge is 0.383 e. The van der Waals surface area contributed by atoms with Crippen molar-refractivity contribution >= 4 is 27.3 Å². The smallest absolute Gasteiger partial charge is 0.106 e. The van der Waals surface area contributed by atoms with E-state index in [0.717, 1.165) is 36.5 Å². The lowest BCUT2D eigenvalue weighted by atomic mass is 10.4. The zero-order chi connectivity index (χ0) is 13.7. The minimum absolute atomic E-state index is 0.727. The van der Waals surface area contributed by atoms with E-state index >= 15 is 0 Å². The minimum atomic E-state index is 0.727. The highest BCUT2D eigenvalue weighted by Crippen LogP contribution is 2.21. The lowest BCUT2D eigenvalue weighted by molar-refractivity contribution is 0.199. The number of imidazole rings is 1. The van der Waals surface area contributed by atoms with E-state index in [1.165, 1.54) is 10.6 Å². The van der Waals surface area contributed by atoms with Crippen LogP contribution in [0.2, 0.25) is 0 Å². The van der Waals surface area contributed by atoms with E-state index in [9.17, 15) is 0 Å². The number of rotatable bonds is 7. The number of aromatic nitrogens is 2. The Bertz CT molecular complexity index is 524. The lowest BCUT2D eigenvalue weighted by Crippen LogP contribution is -2.20. The van der Waals surface area contributed by atoms with Crippen LogP contribution >= 0.6 is 27.3 Å². The SMILES string of the molecule is COCCNCc1cnc(C)n1Cc1cc(Br)cs1. The summed E-state index contributed by atoms with van der Waals surface area (Å²) >= 11 is 5.25. The van der Waals surface area contributed by atoms with Crippen molar-refractivity contribution in [1.82, 2.24) is 14.9 Å². The molecule has 0 bridgehead atoms. The Kier molecular flexibility index (Phi) is 5.57. The quantitative estimate of drug-likeness (QED) is 0.785. The molecule has 0 aromatic carbocycles. The van der Waals surface area contributed by atoms with Crippen LogP contribution in [0.4, 0.5) is 0 Å². The van der Waals surface area contributed by atoms with Crippen molar-refractivity contribution < 1.29 is 4.74 Å². The summed E-state index contributed by atoms with van der Waals surface area (Å²) in [4.78, 5) is 5.73. The van der Waals surface area contributed by atoms with E-state index in [1.54, 1.807) is 18.4 Å². The van der Waals surface area contributed by atoms with Crippen LogP contribution in [-0.2, 0) is 17.8 Å². The number of methoxy groups -OCH3 is 1. The topological polar surface area (TPSA) is 39.1 Å². The highest BCUT2D eigenvalue weighted by molar-refractivity contribution is 9.10. The number of thiophene rings is 1. The predicted molar refractivity (Wildman–Crippen MR) is 81.7 cm³/mol. The van der Waals surface area contributed by atoms with Crippen molar-refractivity contribution in [1.29, 1.82) is 0 Å². The molecule has 0 aliphatic carbocycles. The van der Waals surface area contributed by atoms with Crippen LogP contribution in [0.1, 0.15) is 16.4 Å². The molecule has 4 nitrogen and oxygen atoms in total. The first-order valence-corrected chi connectivity index (χ1v) is 7.81. The first kappa shape index (κ1) is 14.7. The van der Waals surface area contributed by atoms with E-state index in [1.807, 2.05) is 13.1 Å². The van der Waals surface area contributed by atoms with Crippen LogP contribution < -0.4 is 5.32 Å². The highest BCUT2D eigenvalue weighted by atomic mass is 79.9. The molecule has 0 radical (unpaired) electrons. The maximum Gasteiger partial charge on any atom is 0.106 e. The van der Waals surface area contributed by atoms with Crippen LogP contribution in [-0.4, -0.2) is 29.8 Å². The van der Waals surface area contributed by atoms with E-state index in [4.69, 9.17) is 4.74 Å². The lowest BCUT2D eigenvalue weighted by Gasteiger charge is -2.10. The van der Waals surface area contributed by atoms with Crippen molar-refractivity contribution in [2.75, 3.05) is 20.3 Å². The summed E-state index contributed by atoms with van der Waals surface area (Å²) in [6.45, 7) is 5.32. The van der Waals surface area contributed by atoms with Gasteiger partial charge in [-0.2, -0.15) is 0 Å². The maximum absolute atomic E-state index is 5.03. The average Bonchev–Trinajstić information content (AvgIpc) is 2.95. The molecule has 2 rings (SSSR count). The van der Waals surface area contributed by atoms with Gasteiger partial charge in [0, 0.05) is 41.1 Å². The molecule has 2 heterocycles. The van der Waals surface area contributed by atoms with Crippen molar-refractivity contribution in [2.45, 2.75) is 20.0 Å². The molecule has 19 heavy (non-hydrogen) atoms. The third kappa shape index (κ3) is 4.14. The summed E-state index contributed by atoms with van der Waals surface area (Å²) in [6.07, 6.45) is 1.94. The Morgan fingerprint density at radius 3 is 3.05 bits per heavy atom. The number of hydrogen-bond donors (Lipinski definition) is 1. The standard InChI is InChI=1S/C13H18BrN3OS/c1-10-16-7-12(6-15-3-4-18-2)17(10)8-13-5-11(14)9-19-13/h5,7,9,15H,3-4,6,8H2,1-2H3. The van der Waals surface area contributed by atoms with Crippen molar-refractivity contribution in [2.24, 2.45) is 0 Å². The number of hydrogen-bond acceptors (Lipinski definition) is 4. The number of nitrogens with one attached hydrogen (secondary N) is 1. The van der Waals surface area contributed by atoms with Gasteiger partial charge in [-0.3, -0.25) is 0 Å². The van der Waals surface area contributed by atoms with Gasteiger partial charge >= 0.3 is 0 Å². The molecular formula is C13H18BrN3OS. The zero-order valence-electron chi connectivity index (χ0n) is 11.1. The Hall–Kier alpha value is -0.690. The van der Waals surface area contributed by atoms with Crippen LogP contribution in [0.15, 0.2) is 22.1 Å². The number of nitrogens with zero attached hydrogens (tertiary/aromatic N) is 2. The molecule has 0 unspecified atom stereocenters.